The van der Waals surface area contributed by atoms with Crippen LogP contribution in [0.15, 0.2) is 12.3 Å². The lowest BCUT2D eigenvalue weighted by Gasteiger charge is -2.23. The first-order valence-corrected chi connectivity index (χ1v) is 6.91. The van der Waals surface area contributed by atoms with Gasteiger partial charge in [0, 0.05) is 24.5 Å². The van der Waals surface area contributed by atoms with Gasteiger partial charge in [0.05, 0.1) is 11.3 Å². The second-order valence-electron chi connectivity index (χ2n) is 5.10. The highest BCUT2D eigenvalue weighted by atomic mass is 16.2. The SMILES string of the molecule is CCCCN(C(=O)c1cnc(C)cc1NN)C1CC1. The number of nitrogens with zero attached hydrogens (tertiary/aromatic N) is 2. The lowest BCUT2D eigenvalue weighted by atomic mass is 10.1. The number of aromatic nitrogens is 1. The second kappa shape index (κ2) is 6.02. The molecule has 0 aliphatic heterocycles. The van der Waals surface area contributed by atoms with Gasteiger partial charge in [-0.25, -0.2) is 0 Å². The molecule has 1 aliphatic rings. The van der Waals surface area contributed by atoms with Gasteiger partial charge in [-0.1, -0.05) is 13.3 Å². The van der Waals surface area contributed by atoms with E-state index in [1.165, 1.54) is 0 Å². The largest absolute Gasteiger partial charge is 0.336 e. The van der Waals surface area contributed by atoms with Gasteiger partial charge in [0.15, 0.2) is 0 Å². The van der Waals surface area contributed by atoms with Crippen molar-refractivity contribution in [2.45, 2.75) is 45.6 Å². The van der Waals surface area contributed by atoms with E-state index in [-0.39, 0.29) is 5.91 Å². The number of nitrogen functional groups attached to an aromatic ring is 1. The Bertz CT molecular complexity index is 457. The summed E-state index contributed by atoms with van der Waals surface area (Å²) in [5, 5.41) is 0. The fourth-order valence-electron chi connectivity index (χ4n) is 2.17. The summed E-state index contributed by atoms with van der Waals surface area (Å²) in [7, 11) is 0. The van der Waals surface area contributed by atoms with Crippen LogP contribution < -0.4 is 11.3 Å². The molecule has 3 N–H and O–H groups in total. The summed E-state index contributed by atoms with van der Waals surface area (Å²) in [6, 6.07) is 2.21. The van der Waals surface area contributed by atoms with Gasteiger partial charge in [0.25, 0.3) is 5.91 Å². The topological polar surface area (TPSA) is 71.2 Å². The average molecular weight is 262 g/mol. The number of hydrogen-bond donors (Lipinski definition) is 2. The maximum absolute atomic E-state index is 12.6. The van der Waals surface area contributed by atoms with Crippen molar-refractivity contribution in [1.82, 2.24) is 9.88 Å². The summed E-state index contributed by atoms with van der Waals surface area (Å²) in [6.07, 6.45) is 5.96. The van der Waals surface area contributed by atoms with Crippen LogP contribution in [0.25, 0.3) is 0 Å². The highest BCUT2D eigenvalue weighted by Crippen LogP contribution is 2.29. The third-order valence-electron chi connectivity index (χ3n) is 3.43. The summed E-state index contributed by atoms with van der Waals surface area (Å²) in [5.74, 6) is 5.54. The summed E-state index contributed by atoms with van der Waals surface area (Å²) >= 11 is 0. The van der Waals surface area contributed by atoms with E-state index in [1.54, 1.807) is 12.3 Å². The molecule has 1 aliphatic carbocycles. The number of anilines is 1. The Kier molecular flexibility index (Phi) is 4.37. The molecule has 0 saturated heterocycles. The van der Waals surface area contributed by atoms with Gasteiger partial charge in [-0.2, -0.15) is 0 Å². The normalized spacial score (nSPS) is 14.3. The number of pyridine rings is 1. The van der Waals surface area contributed by atoms with Crippen LogP contribution in [0.2, 0.25) is 0 Å². The molecule has 0 aromatic carbocycles. The molecule has 1 amide bonds. The van der Waals surface area contributed by atoms with Crippen molar-refractivity contribution < 1.29 is 4.79 Å². The Hall–Kier alpha value is -1.62. The standard InChI is InChI=1S/C14H22N4O/c1-3-4-7-18(11-5-6-11)14(19)12-9-16-10(2)8-13(12)17-15/h8-9,11H,3-7,15H2,1-2H3,(H,16,17). The first-order chi connectivity index (χ1) is 9.17. The predicted molar refractivity (Wildman–Crippen MR) is 75.8 cm³/mol. The number of carbonyl (C=O) groups excluding carboxylic acids is 1. The van der Waals surface area contributed by atoms with Crippen LogP contribution in [0.1, 0.15) is 48.7 Å². The average Bonchev–Trinajstić information content (AvgIpc) is 3.23. The monoisotopic (exact) mass is 262 g/mol. The Balaban J connectivity index is 2.20. The van der Waals surface area contributed by atoms with Crippen LogP contribution >= 0.6 is 0 Å². The number of carbonyl (C=O) groups is 1. The lowest BCUT2D eigenvalue weighted by Crippen LogP contribution is -2.34. The maximum Gasteiger partial charge on any atom is 0.257 e. The number of unbranched alkanes of at least 4 members (excludes halogenated alkanes) is 1. The molecule has 5 nitrogen and oxygen atoms in total. The Morgan fingerprint density at radius 2 is 2.32 bits per heavy atom. The lowest BCUT2D eigenvalue weighted by molar-refractivity contribution is 0.0741. The molecule has 1 heterocycles. The van der Waals surface area contributed by atoms with E-state index < -0.39 is 0 Å². The Morgan fingerprint density at radius 3 is 2.89 bits per heavy atom. The molecule has 0 spiro atoms. The molecule has 2 rings (SSSR count). The van der Waals surface area contributed by atoms with Gasteiger partial charge in [-0.05, 0) is 32.3 Å². The molecule has 19 heavy (non-hydrogen) atoms. The molecule has 0 atom stereocenters. The zero-order valence-corrected chi connectivity index (χ0v) is 11.6. The van der Waals surface area contributed by atoms with Crippen molar-refractivity contribution in [1.29, 1.82) is 0 Å². The number of amides is 1. The molecular formula is C14H22N4O. The quantitative estimate of drug-likeness (QED) is 0.608. The van der Waals surface area contributed by atoms with Crippen LogP contribution in [0.5, 0.6) is 0 Å². The van der Waals surface area contributed by atoms with Gasteiger partial charge in [-0.3, -0.25) is 15.6 Å². The van der Waals surface area contributed by atoms with Crippen LogP contribution in [0, 0.1) is 6.92 Å². The van der Waals surface area contributed by atoms with Crippen molar-refractivity contribution in [2.24, 2.45) is 5.84 Å². The summed E-state index contributed by atoms with van der Waals surface area (Å²) in [5.41, 5.74) is 4.66. The van der Waals surface area contributed by atoms with Crippen molar-refractivity contribution in [3.8, 4) is 0 Å². The number of hydrogen-bond acceptors (Lipinski definition) is 4. The minimum atomic E-state index is 0.0383. The molecule has 0 bridgehead atoms. The van der Waals surface area contributed by atoms with Crippen molar-refractivity contribution in [3.63, 3.8) is 0 Å². The fourth-order valence-corrected chi connectivity index (χ4v) is 2.17. The van der Waals surface area contributed by atoms with Crippen LogP contribution in [0.4, 0.5) is 5.69 Å². The zero-order valence-electron chi connectivity index (χ0n) is 11.6. The van der Waals surface area contributed by atoms with Gasteiger partial charge >= 0.3 is 0 Å². The minimum Gasteiger partial charge on any atom is -0.336 e. The highest BCUT2D eigenvalue weighted by Gasteiger charge is 2.33. The van der Waals surface area contributed by atoms with Gasteiger partial charge < -0.3 is 10.3 Å². The molecular weight excluding hydrogens is 240 g/mol. The highest BCUT2D eigenvalue weighted by molar-refractivity contribution is 5.99. The first kappa shape index (κ1) is 13.8. The molecule has 104 valence electrons. The molecule has 1 aromatic rings. The van der Waals surface area contributed by atoms with E-state index in [2.05, 4.69) is 17.3 Å². The van der Waals surface area contributed by atoms with Gasteiger partial charge in [0.1, 0.15) is 0 Å². The van der Waals surface area contributed by atoms with Crippen LogP contribution in [-0.4, -0.2) is 28.4 Å². The molecule has 0 radical (unpaired) electrons. The smallest absolute Gasteiger partial charge is 0.257 e. The van der Waals surface area contributed by atoms with E-state index in [0.717, 1.165) is 37.9 Å². The second-order valence-corrected chi connectivity index (χ2v) is 5.10. The van der Waals surface area contributed by atoms with E-state index in [1.807, 2.05) is 11.8 Å². The number of rotatable bonds is 6. The maximum atomic E-state index is 12.6. The summed E-state index contributed by atoms with van der Waals surface area (Å²) in [6.45, 7) is 4.83. The first-order valence-electron chi connectivity index (χ1n) is 6.91. The third-order valence-corrected chi connectivity index (χ3v) is 3.43. The molecule has 0 unspecified atom stereocenters. The van der Waals surface area contributed by atoms with E-state index in [9.17, 15) is 4.79 Å². The van der Waals surface area contributed by atoms with Crippen molar-refractivity contribution >= 4 is 11.6 Å². The predicted octanol–water partition coefficient (Wildman–Crippen LogP) is 2.08. The van der Waals surface area contributed by atoms with Crippen LogP contribution in [0.3, 0.4) is 0 Å². The minimum absolute atomic E-state index is 0.0383. The molecule has 1 saturated carbocycles. The van der Waals surface area contributed by atoms with Gasteiger partial charge in [-0.15, -0.1) is 0 Å². The fraction of sp³-hybridized carbons (Fsp3) is 0.571. The van der Waals surface area contributed by atoms with E-state index in [4.69, 9.17) is 5.84 Å². The van der Waals surface area contributed by atoms with Gasteiger partial charge in [0.2, 0.25) is 0 Å². The van der Waals surface area contributed by atoms with Crippen molar-refractivity contribution in [2.75, 3.05) is 12.0 Å². The summed E-state index contributed by atoms with van der Waals surface area (Å²) in [4.78, 5) is 18.8. The number of nitrogens with one attached hydrogen (secondary N) is 1. The molecule has 5 heteroatoms. The molecule has 1 fully saturated rings. The number of hydrazine groups is 1. The number of nitrogens with two attached hydrogens (primary N) is 1. The van der Waals surface area contributed by atoms with E-state index >= 15 is 0 Å². The Labute approximate surface area is 114 Å². The Morgan fingerprint density at radius 1 is 1.58 bits per heavy atom. The van der Waals surface area contributed by atoms with Crippen molar-refractivity contribution in [3.05, 3.63) is 23.5 Å². The number of aryl methyl sites for hydroxylation is 1. The third kappa shape index (κ3) is 3.23. The van der Waals surface area contributed by atoms with E-state index in [0.29, 0.717) is 17.3 Å². The zero-order chi connectivity index (χ0) is 13.8. The summed E-state index contributed by atoms with van der Waals surface area (Å²) < 4.78 is 0. The van der Waals surface area contributed by atoms with Crippen LogP contribution in [-0.2, 0) is 0 Å². The molecule has 1 aromatic heterocycles.